The third-order valence-corrected chi connectivity index (χ3v) is 4.20. The molecule has 1 heterocycles. The van der Waals surface area contributed by atoms with Crippen molar-refractivity contribution in [3.63, 3.8) is 0 Å². The Balaban J connectivity index is 1.89. The van der Waals surface area contributed by atoms with E-state index in [-0.39, 0.29) is 17.4 Å². The first-order chi connectivity index (χ1) is 11.7. The van der Waals surface area contributed by atoms with E-state index < -0.39 is 0 Å². The lowest BCUT2D eigenvalue weighted by molar-refractivity contribution is -0.124. The van der Waals surface area contributed by atoms with Gasteiger partial charge in [-0.15, -0.1) is 0 Å². The fourth-order valence-electron chi connectivity index (χ4n) is 2.91. The molecule has 1 N–H and O–H groups in total. The number of nitrogens with zero attached hydrogens (tertiary/aromatic N) is 2. The summed E-state index contributed by atoms with van der Waals surface area (Å²) in [5.41, 5.74) is 1.43. The number of carbonyl (C=O) groups excluding carboxylic acids is 2. The van der Waals surface area contributed by atoms with Crippen molar-refractivity contribution < 1.29 is 14.3 Å². The number of rotatable bonds is 4. The third kappa shape index (κ3) is 5.46. The minimum absolute atomic E-state index is 0.0112. The van der Waals surface area contributed by atoms with Crippen LogP contribution >= 0.6 is 0 Å². The second kappa shape index (κ2) is 7.87. The van der Waals surface area contributed by atoms with Gasteiger partial charge in [-0.1, -0.05) is 6.07 Å². The first-order valence-electron chi connectivity index (χ1n) is 8.67. The Hall–Kier alpha value is -2.08. The van der Waals surface area contributed by atoms with Gasteiger partial charge in [-0.05, 0) is 45.4 Å². The SMILES string of the molecule is COc1cc(C(=O)N2CCN(CC(=O)NC(C)(C)C)CC2)ccc1C. The number of hydrogen-bond donors (Lipinski definition) is 1. The molecule has 6 nitrogen and oxygen atoms in total. The molecule has 0 atom stereocenters. The number of benzene rings is 1. The van der Waals surface area contributed by atoms with Crippen LogP contribution in [-0.4, -0.2) is 67.0 Å². The molecule has 0 bridgehead atoms. The molecule has 0 aliphatic carbocycles. The molecular weight excluding hydrogens is 318 g/mol. The van der Waals surface area contributed by atoms with Crippen LogP contribution in [0.15, 0.2) is 18.2 Å². The lowest BCUT2D eigenvalue weighted by Gasteiger charge is -2.35. The zero-order valence-electron chi connectivity index (χ0n) is 15.9. The maximum atomic E-state index is 12.7. The highest BCUT2D eigenvalue weighted by molar-refractivity contribution is 5.94. The summed E-state index contributed by atoms with van der Waals surface area (Å²) in [6, 6.07) is 5.53. The number of hydrogen-bond acceptors (Lipinski definition) is 4. The molecule has 2 amide bonds. The monoisotopic (exact) mass is 347 g/mol. The van der Waals surface area contributed by atoms with Crippen molar-refractivity contribution >= 4 is 11.8 Å². The van der Waals surface area contributed by atoms with Gasteiger partial charge in [0, 0.05) is 37.3 Å². The summed E-state index contributed by atoms with van der Waals surface area (Å²) < 4.78 is 5.30. The van der Waals surface area contributed by atoms with E-state index in [1.807, 2.05) is 44.7 Å². The summed E-state index contributed by atoms with van der Waals surface area (Å²) >= 11 is 0. The van der Waals surface area contributed by atoms with Crippen LogP contribution in [0.2, 0.25) is 0 Å². The molecule has 0 aromatic heterocycles. The zero-order valence-corrected chi connectivity index (χ0v) is 15.9. The maximum absolute atomic E-state index is 12.7. The van der Waals surface area contributed by atoms with E-state index in [4.69, 9.17) is 4.74 Å². The summed E-state index contributed by atoms with van der Waals surface area (Å²) in [5, 5.41) is 2.97. The molecule has 1 aromatic carbocycles. The second-order valence-corrected chi connectivity index (χ2v) is 7.55. The van der Waals surface area contributed by atoms with Gasteiger partial charge >= 0.3 is 0 Å². The van der Waals surface area contributed by atoms with E-state index in [9.17, 15) is 9.59 Å². The van der Waals surface area contributed by atoms with E-state index in [0.29, 0.717) is 38.3 Å². The minimum atomic E-state index is -0.223. The van der Waals surface area contributed by atoms with Crippen LogP contribution in [0.4, 0.5) is 0 Å². The number of methoxy groups -OCH3 is 1. The van der Waals surface area contributed by atoms with Crippen molar-refractivity contribution in [2.24, 2.45) is 0 Å². The standard InChI is InChI=1S/C19H29N3O3/c1-14-6-7-15(12-16(14)25-5)18(24)22-10-8-21(9-11-22)13-17(23)20-19(2,3)4/h6-7,12H,8-11,13H2,1-5H3,(H,20,23). The van der Waals surface area contributed by atoms with Crippen molar-refractivity contribution in [3.8, 4) is 5.75 Å². The molecule has 1 aliphatic rings. The highest BCUT2D eigenvalue weighted by Gasteiger charge is 2.24. The summed E-state index contributed by atoms with van der Waals surface area (Å²) in [5.74, 6) is 0.760. The van der Waals surface area contributed by atoms with Gasteiger partial charge in [-0.25, -0.2) is 0 Å². The van der Waals surface area contributed by atoms with Crippen molar-refractivity contribution in [3.05, 3.63) is 29.3 Å². The number of aryl methyl sites for hydroxylation is 1. The molecule has 1 aliphatic heterocycles. The van der Waals surface area contributed by atoms with Crippen LogP contribution in [0, 0.1) is 6.92 Å². The van der Waals surface area contributed by atoms with Gasteiger partial charge in [0.2, 0.25) is 5.91 Å². The number of ether oxygens (including phenoxy) is 1. The lowest BCUT2D eigenvalue weighted by Crippen LogP contribution is -2.52. The van der Waals surface area contributed by atoms with Gasteiger partial charge in [0.1, 0.15) is 5.75 Å². The molecule has 0 radical (unpaired) electrons. The van der Waals surface area contributed by atoms with Crippen LogP contribution in [-0.2, 0) is 4.79 Å². The number of carbonyl (C=O) groups is 2. The Morgan fingerprint density at radius 3 is 2.36 bits per heavy atom. The quantitative estimate of drug-likeness (QED) is 0.900. The van der Waals surface area contributed by atoms with E-state index >= 15 is 0 Å². The molecule has 0 saturated carbocycles. The molecular formula is C19H29N3O3. The topological polar surface area (TPSA) is 61.9 Å². The fraction of sp³-hybridized carbons (Fsp3) is 0.579. The van der Waals surface area contributed by atoms with E-state index in [1.165, 1.54) is 0 Å². The first kappa shape index (κ1) is 19.2. The Kier molecular flexibility index (Phi) is 6.06. The van der Waals surface area contributed by atoms with Gasteiger partial charge < -0.3 is 15.0 Å². The van der Waals surface area contributed by atoms with Crippen LogP contribution in [0.5, 0.6) is 5.75 Å². The fourth-order valence-corrected chi connectivity index (χ4v) is 2.91. The summed E-state index contributed by atoms with van der Waals surface area (Å²) in [7, 11) is 1.61. The number of piperazine rings is 1. The largest absolute Gasteiger partial charge is 0.496 e. The van der Waals surface area contributed by atoms with Crippen LogP contribution in [0.3, 0.4) is 0 Å². The van der Waals surface area contributed by atoms with E-state index in [0.717, 1.165) is 11.3 Å². The predicted molar refractivity (Wildman–Crippen MR) is 98.0 cm³/mol. The molecule has 0 spiro atoms. The highest BCUT2D eigenvalue weighted by Crippen LogP contribution is 2.20. The average Bonchev–Trinajstić information content (AvgIpc) is 2.53. The number of nitrogens with one attached hydrogen (secondary N) is 1. The molecule has 138 valence electrons. The van der Waals surface area contributed by atoms with Gasteiger partial charge in [0.25, 0.3) is 5.91 Å². The van der Waals surface area contributed by atoms with Gasteiger partial charge in [0.15, 0.2) is 0 Å². The van der Waals surface area contributed by atoms with Crippen molar-refractivity contribution in [1.82, 2.24) is 15.1 Å². The minimum Gasteiger partial charge on any atom is -0.496 e. The van der Waals surface area contributed by atoms with Crippen molar-refractivity contribution in [2.75, 3.05) is 39.8 Å². The summed E-state index contributed by atoms with van der Waals surface area (Å²) in [4.78, 5) is 28.6. The van der Waals surface area contributed by atoms with Crippen LogP contribution < -0.4 is 10.1 Å². The predicted octanol–water partition coefficient (Wildman–Crippen LogP) is 1.68. The second-order valence-electron chi connectivity index (χ2n) is 7.55. The molecule has 0 unspecified atom stereocenters. The smallest absolute Gasteiger partial charge is 0.254 e. The molecule has 25 heavy (non-hydrogen) atoms. The van der Waals surface area contributed by atoms with Crippen molar-refractivity contribution in [1.29, 1.82) is 0 Å². The molecule has 1 saturated heterocycles. The Morgan fingerprint density at radius 1 is 1.16 bits per heavy atom. The lowest BCUT2D eigenvalue weighted by atomic mass is 10.1. The van der Waals surface area contributed by atoms with Crippen molar-refractivity contribution in [2.45, 2.75) is 33.2 Å². The molecule has 2 rings (SSSR count). The molecule has 1 fully saturated rings. The van der Waals surface area contributed by atoms with Crippen LogP contribution in [0.1, 0.15) is 36.7 Å². The molecule has 1 aromatic rings. The van der Waals surface area contributed by atoms with E-state index in [1.54, 1.807) is 13.2 Å². The summed E-state index contributed by atoms with van der Waals surface area (Å²) in [6.45, 7) is 10.9. The van der Waals surface area contributed by atoms with E-state index in [2.05, 4.69) is 10.2 Å². The summed E-state index contributed by atoms with van der Waals surface area (Å²) in [6.07, 6.45) is 0. The van der Waals surface area contributed by atoms with Crippen LogP contribution in [0.25, 0.3) is 0 Å². The van der Waals surface area contributed by atoms with Gasteiger partial charge in [0.05, 0.1) is 13.7 Å². The Labute approximate surface area is 150 Å². The highest BCUT2D eigenvalue weighted by atomic mass is 16.5. The average molecular weight is 347 g/mol. The molecule has 6 heteroatoms. The first-order valence-corrected chi connectivity index (χ1v) is 8.67. The Morgan fingerprint density at radius 2 is 1.80 bits per heavy atom. The van der Waals surface area contributed by atoms with Gasteiger partial charge in [-0.2, -0.15) is 0 Å². The normalized spacial score (nSPS) is 15.8. The maximum Gasteiger partial charge on any atom is 0.254 e. The zero-order chi connectivity index (χ0) is 18.6. The third-order valence-electron chi connectivity index (χ3n) is 4.20. The Bertz CT molecular complexity index is 629. The van der Waals surface area contributed by atoms with Gasteiger partial charge in [-0.3, -0.25) is 14.5 Å². The number of amides is 2.